The zero-order valence-corrected chi connectivity index (χ0v) is 14.3. The van der Waals surface area contributed by atoms with Crippen LogP contribution in [0.25, 0.3) is 0 Å². The molecule has 1 aliphatic carbocycles. The Morgan fingerprint density at radius 1 is 1.29 bits per heavy atom. The Balaban J connectivity index is 1.85. The number of unbranched alkanes of at least 4 members (excludes halogenated alkanes) is 2. The molecule has 0 heterocycles. The number of carbonyl (C=O) groups is 2. The van der Waals surface area contributed by atoms with Gasteiger partial charge in [-0.25, -0.2) is 4.79 Å². The number of nitrogens with one attached hydrogen (secondary N) is 1. The number of allylic oxidation sites excluding steroid dienone is 1. The van der Waals surface area contributed by atoms with E-state index < -0.39 is 6.09 Å². The van der Waals surface area contributed by atoms with Crippen LogP contribution in [0.5, 0.6) is 0 Å². The first-order valence-electron chi connectivity index (χ1n) is 8.83. The molecule has 4 heteroatoms. The molecule has 1 amide bonds. The minimum atomic E-state index is -0.477. The van der Waals surface area contributed by atoms with Gasteiger partial charge < -0.3 is 14.8 Å². The summed E-state index contributed by atoms with van der Waals surface area (Å²) in [5.41, 5.74) is 0.941. The largest absolute Gasteiger partial charge is 0.445 e. The van der Waals surface area contributed by atoms with Crippen molar-refractivity contribution < 1.29 is 14.3 Å². The molecule has 1 N–H and O–H groups in total. The van der Waals surface area contributed by atoms with Crippen LogP contribution in [0.15, 0.2) is 42.5 Å². The van der Waals surface area contributed by atoms with Gasteiger partial charge in [0.15, 0.2) is 0 Å². The Bertz CT molecular complexity index is 541. The molecule has 130 valence electrons. The van der Waals surface area contributed by atoms with Crippen LogP contribution in [-0.4, -0.2) is 18.4 Å². The predicted octanol–water partition coefficient (Wildman–Crippen LogP) is 4.25. The average molecular weight is 329 g/mol. The van der Waals surface area contributed by atoms with Crippen molar-refractivity contribution in [1.82, 2.24) is 5.32 Å². The van der Waals surface area contributed by atoms with Crippen molar-refractivity contribution in [2.75, 3.05) is 0 Å². The standard InChI is InChI=1S/C20H27NO3/c1-2-3-5-11-17-12-8-13-19(18(17)14-22)21-20(23)24-15-16-9-6-4-7-10-16/h4,6-10,13-14,17-19H,2-3,5,11-12,15H2,1H3,(H,21,23)/t17-,18-,19+/m1/s1. The highest BCUT2D eigenvalue weighted by molar-refractivity contribution is 5.69. The molecule has 4 nitrogen and oxygen atoms in total. The molecular formula is C20H27NO3. The van der Waals surface area contributed by atoms with Crippen LogP contribution < -0.4 is 5.32 Å². The number of rotatable bonds is 8. The van der Waals surface area contributed by atoms with Crippen molar-refractivity contribution in [3.8, 4) is 0 Å². The Hall–Kier alpha value is -2.10. The van der Waals surface area contributed by atoms with Crippen molar-refractivity contribution in [2.45, 2.75) is 51.7 Å². The molecule has 0 spiro atoms. The van der Waals surface area contributed by atoms with Gasteiger partial charge in [-0.1, -0.05) is 68.7 Å². The van der Waals surface area contributed by atoms with Gasteiger partial charge in [-0.05, 0) is 24.3 Å². The fourth-order valence-electron chi connectivity index (χ4n) is 3.19. The third-order valence-electron chi connectivity index (χ3n) is 4.57. The Kier molecular flexibility index (Phi) is 7.53. The molecule has 1 aromatic rings. The van der Waals surface area contributed by atoms with Gasteiger partial charge in [0.1, 0.15) is 12.9 Å². The summed E-state index contributed by atoms with van der Waals surface area (Å²) in [6.45, 7) is 2.40. The first-order chi connectivity index (χ1) is 11.7. The van der Waals surface area contributed by atoms with E-state index in [1.807, 2.05) is 36.4 Å². The molecule has 0 bridgehead atoms. The van der Waals surface area contributed by atoms with Crippen LogP contribution in [0.3, 0.4) is 0 Å². The molecule has 1 aromatic carbocycles. The van der Waals surface area contributed by atoms with Crippen LogP contribution in [-0.2, 0) is 16.1 Å². The minimum absolute atomic E-state index is 0.170. The number of aldehydes is 1. The summed E-state index contributed by atoms with van der Waals surface area (Å²) in [7, 11) is 0. The fourth-order valence-corrected chi connectivity index (χ4v) is 3.19. The van der Waals surface area contributed by atoms with Gasteiger partial charge in [-0.3, -0.25) is 0 Å². The molecule has 3 atom stereocenters. The molecule has 0 fully saturated rings. The van der Waals surface area contributed by atoms with Crippen molar-refractivity contribution in [3.05, 3.63) is 48.0 Å². The number of amides is 1. The molecule has 0 unspecified atom stereocenters. The lowest BCUT2D eigenvalue weighted by Crippen LogP contribution is -2.44. The summed E-state index contributed by atoms with van der Waals surface area (Å²) in [4.78, 5) is 23.6. The number of hydrogen-bond donors (Lipinski definition) is 1. The van der Waals surface area contributed by atoms with Crippen molar-refractivity contribution in [2.24, 2.45) is 11.8 Å². The summed E-state index contributed by atoms with van der Waals surface area (Å²) in [6, 6.07) is 9.28. The molecule has 0 saturated heterocycles. The molecule has 0 aliphatic heterocycles. The van der Waals surface area contributed by atoms with Crippen LogP contribution in [0, 0.1) is 11.8 Å². The third kappa shape index (κ3) is 5.52. The normalized spacial score (nSPS) is 22.8. The van der Waals surface area contributed by atoms with E-state index in [-0.39, 0.29) is 18.6 Å². The number of alkyl carbamates (subject to hydrolysis) is 1. The van der Waals surface area contributed by atoms with E-state index in [1.165, 1.54) is 12.8 Å². The van der Waals surface area contributed by atoms with E-state index in [4.69, 9.17) is 4.74 Å². The SMILES string of the molecule is CCCCC[C@@H]1CC=C[C@H](NC(=O)OCc2ccccc2)[C@@H]1C=O. The molecule has 0 saturated carbocycles. The number of carbonyl (C=O) groups excluding carboxylic acids is 2. The van der Waals surface area contributed by atoms with E-state index >= 15 is 0 Å². The number of ether oxygens (including phenoxy) is 1. The molecule has 0 aromatic heterocycles. The van der Waals surface area contributed by atoms with E-state index in [1.54, 1.807) is 0 Å². The number of hydrogen-bond acceptors (Lipinski definition) is 3. The zero-order chi connectivity index (χ0) is 17.2. The van der Waals surface area contributed by atoms with Gasteiger partial charge in [0, 0.05) is 5.92 Å². The second-order valence-electron chi connectivity index (χ2n) is 6.37. The minimum Gasteiger partial charge on any atom is -0.445 e. The summed E-state index contributed by atoms with van der Waals surface area (Å²) in [5.74, 6) is 0.134. The zero-order valence-electron chi connectivity index (χ0n) is 14.3. The lowest BCUT2D eigenvalue weighted by Gasteiger charge is -2.31. The lowest BCUT2D eigenvalue weighted by molar-refractivity contribution is -0.113. The highest BCUT2D eigenvalue weighted by Crippen LogP contribution is 2.29. The van der Waals surface area contributed by atoms with Crippen molar-refractivity contribution in [1.29, 1.82) is 0 Å². The quantitative estimate of drug-likeness (QED) is 0.440. The smallest absolute Gasteiger partial charge is 0.407 e. The van der Waals surface area contributed by atoms with Gasteiger partial charge in [0.2, 0.25) is 0 Å². The monoisotopic (exact) mass is 329 g/mol. The summed E-state index contributed by atoms with van der Waals surface area (Å²) >= 11 is 0. The lowest BCUT2D eigenvalue weighted by atomic mass is 9.78. The maximum atomic E-state index is 12.0. The Morgan fingerprint density at radius 3 is 2.79 bits per heavy atom. The molecule has 1 aliphatic rings. The van der Waals surface area contributed by atoms with E-state index in [2.05, 4.69) is 18.3 Å². The molecule has 0 radical (unpaired) electrons. The maximum Gasteiger partial charge on any atom is 0.407 e. The van der Waals surface area contributed by atoms with Gasteiger partial charge in [-0.15, -0.1) is 0 Å². The number of benzene rings is 1. The fraction of sp³-hybridized carbons (Fsp3) is 0.500. The first kappa shape index (κ1) is 18.2. The highest BCUT2D eigenvalue weighted by Gasteiger charge is 2.31. The van der Waals surface area contributed by atoms with Gasteiger partial charge >= 0.3 is 6.09 Å². The summed E-state index contributed by atoms with van der Waals surface area (Å²) in [5, 5.41) is 2.83. The van der Waals surface area contributed by atoms with Crippen LogP contribution in [0.1, 0.15) is 44.6 Å². The van der Waals surface area contributed by atoms with E-state index in [9.17, 15) is 9.59 Å². The average Bonchev–Trinajstić information content (AvgIpc) is 2.61. The third-order valence-corrected chi connectivity index (χ3v) is 4.57. The Morgan fingerprint density at radius 2 is 2.08 bits per heavy atom. The van der Waals surface area contributed by atoms with E-state index in [0.29, 0.717) is 5.92 Å². The topological polar surface area (TPSA) is 55.4 Å². The van der Waals surface area contributed by atoms with Crippen LogP contribution >= 0.6 is 0 Å². The second-order valence-corrected chi connectivity index (χ2v) is 6.37. The van der Waals surface area contributed by atoms with Crippen LogP contribution in [0.2, 0.25) is 0 Å². The molecule has 2 rings (SSSR count). The van der Waals surface area contributed by atoms with Gasteiger partial charge in [0.25, 0.3) is 0 Å². The van der Waals surface area contributed by atoms with Crippen molar-refractivity contribution in [3.63, 3.8) is 0 Å². The van der Waals surface area contributed by atoms with Crippen molar-refractivity contribution >= 4 is 12.4 Å². The molecular weight excluding hydrogens is 302 g/mol. The van der Waals surface area contributed by atoms with Crippen LogP contribution in [0.4, 0.5) is 4.79 Å². The second kappa shape index (κ2) is 9.91. The van der Waals surface area contributed by atoms with Gasteiger partial charge in [-0.2, -0.15) is 0 Å². The highest BCUT2D eigenvalue weighted by atomic mass is 16.5. The van der Waals surface area contributed by atoms with E-state index in [0.717, 1.165) is 31.1 Å². The summed E-state index contributed by atoms with van der Waals surface area (Å²) in [6.07, 6.45) is 9.91. The van der Waals surface area contributed by atoms with Gasteiger partial charge in [0.05, 0.1) is 6.04 Å². The molecule has 24 heavy (non-hydrogen) atoms. The Labute approximate surface area is 144 Å². The maximum absolute atomic E-state index is 12.0. The first-order valence-corrected chi connectivity index (χ1v) is 8.83. The summed E-state index contributed by atoms with van der Waals surface area (Å²) < 4.78 is 5.26. The predicted molar refractivity (Wildman–Crippen MR) is 94.5 cm³/mol.